The van der Waals surface area contributed by atoms with E-state index in [1.165, 1.54) is 0 Å². The maximum absolute atomic E-state index is 10.5. The summed E-state index contributed by atoms with van der Waals surface area (Å²) in [4.78, 5) is 0. The number of aliphatic hydroxyl groups is 1. The lowest BCUT2D eigenvalue weighted by Crippen LogP contribution is -2.33. The second-order valence-electron chi connectivity index (χ2n) is 6.02. The fraction of sp³-hybridized carbons (Fsp3) is 1.00. The van der Waals surface area contributed by atoms with Crippen LogP contribution in [0.5, 0.6) is 0 Å². The fourth-order valence-corrected chi connectivity index (χ4v) is 2.53. The van der Waals surface area contributed by atoms with Crippen LogP contribution in [0.4, 0.5) is 0 Å². The van der Waals surface area contributed by atoms with Crippen molar-refractivity contribution in [2.24, 2.45) is 17.8 Å². The largest absolute Gasteiger partial charge is 0.390 e. The van der Waals surface area contributed by atoms with Gasteiger partial charge in [0.1, 0.15) is 0 Å². The van der Waals surface area contributed by atoms with Crippen molar-refractivity contribution in [2.75, 3.05) is 0 Å². The molecule has 0 saturated heterocycles. The van der Waals surface area contributed by atoms with Crippen molar-refractivity contribution in [2.45, 2.75) is 66.4 Å². The van der Waals surface area contributed by atoms with Crippen molar-refractivity contribution in [3.8, 4) is 0 Å². The topological polar surface area (TPSA) is 20.2 Å². The molecular formula is C13H28O. The second-order valence-corrected chi connectivity index (χ2v) is 6.02. The molecule has 0 bridgehead atoms. The van der Waals surface area contributed by atoms with Gasteiger partial charge in [0, 0.05) is 0 Å². The predicted molar refractivity (Wildman–Crippen MR) is 63.3 cm³/mol. The second kappa shape index (κ2) is 5.75. The smallest absolute Gasteiger partial charge is 0.0655 e. The Hall–Kier alpha value is -0.0400. The third-order valence-electron chi connectivity index (χ3n) is 2.36. The summed E-state index contributed by atoms with van der Waals surface area (Å²) in [6, 6.07) is 0. The molecule has 0 radical (unpaired) electrons. The van der Waals surface area contributed by atoms with E-state index in [-0.39, 0.29) is 0 Å². The summed E-state index contributed by atoms with van der Waals surface area (Å²) >= 11 is 0. The van der Waals surface area contributed by atoms with Gasteiger partial charge in [-0.1, -0.05) is 41.5 Å². The minimum atomic E-state index is -0.434. The molecule has 1 nitrogen and oxygen atoms in total. The molecule has 0 aromatic rings. The first-order valence-corrected chi connectivity index (χ1v) is 5.97. The summed E-state index contributed by atoms with van der Waals surface area (Å²) in [5, 5.41) is 10.5. The van der Waals surface area contributed by atoms with Gasteiger partial charge in [-0.05, 0) is 37.0 Å². The molecule has 0 rings (SSSR count). The lowest BCUT2D eigenvalue weighted by molar-refractivity contribution is -0.0173. The van der Waals surface area contributed by atoms with Crippen LogP contribution in [-0.4, -0.2) is 10.7 Å². The quantitative estimate of drug-likeness (QED) is 0.690. The van der Waals surface area contributed by atoms with Crippen molar-refractivity contribution in [1.82, 2.24) is 0 Å². The Morgan fingerprint density at radius 3 is 1.07 bits per heavy atom. The first-order valence-electron chi connectivity index (χ1n) is 5.97. The highest BCUT2D eigenvalue weighted by Crippen LogP contribution is 2.30. The van der Waals surface area contributed by atoms with E-state index in [0.717, 1.165) is 19.3 Å². The van der Waals surface area contributed by atoms with Crippen molar-refractivity contribution < 1.29 is 5.11 Å². The molecule has 86 valence electrons. The van der Waals surface area contributed by atoms with Gasteiger partial charge in [0.05, 0.1) is 5.60 Å². The van der Waals surface area contributed by atoms with Gasteiger partial charge in [0.2, 0.25) is 0 Å². The molecule has 0 aliphatic heterocycles. The average Bonchev–Trinajstić information content (AvgIpc) is 1.76. The highest BCUT2D eigenvalue weighted by atomic mass is 16.3. The third-order valence-corrected chi connectivity index (χ3v) is 2.36. The molecule has 0 aromatic carbocycles. The first-order chi connectivity index (χ1) is 6.25. The Morgan fingerprint density at radius 1 is 0.714 bits per heavy atom. The van der Waals surface area contributed by atoms with Crippen molar-refractivity contribution >= 4 is 0 Å². The summed E-state index contributed by atoms with van der Waals surface area (Å²) < 4.78 is 0. The molecule has 1 N–H and O–H groups in total. The number of hydrogen-bond acceptors (Lipinski definition) is 1. The molecule has 0 saturated carbocycles. The third kappa shape index (κ3) is 6.42. The molecule has 1 heteroatoms. The van der Waals surface area contributed by atoms with Crippen molar-refractivity contribution in [1.29, 1.82) is 0 Å². The Morgan fingerprint density at radius 2 is 0.929 bits per heavy atom. The standard InChI is InChI=1S/C13H28O/c1-10(2)7-13(14,8-11(3)4)9-12(5)6/h10-12,14H,7-9H2,1-6H3. The van der Waals surface area contributed by atoms with Crippen LogP contribution in [0.15, 0.2) is 0 Å². The lowest BCUT2D eigenvalue weighted by atomic mass is 9.79. The van der Waals surface area contributed by atoms with Crippen LogP contribution in [0.25, 0.3) is 0 Å². The Kier molecular flexibility index (Phi) is 5.73. The van der Waals surface area contributed by atoms with E-state index in [1.807, 2.05) is 0 Å². The molecule has 0 spiro atoms. The maximum Gasteiger partial charge on any atom is 0.0655 e. The van der Waals surface area contributed by atoms with Crippen LogP contribution < -0.4 is 0 Å². The molecule has 0 atom stereocenters. The van der Waals surface area contributed by atoms with Gasteiger partial charge in [-0.3, -0.25) is 0 Å². The number of rotatable bonds is 6. The lowest BCUT2D eigenvalue weighted by Gasteiger charge is -2.33. The fourth-order valence-electron chi connectivity index (χ4n) is 2.53. The number of hydrogen-bond donors (Lipinski definition) is 1. The van der Waals surface area contributed by atoms with Crippen LogP contribution in [0.2, 0.25) is 0 Å². The minimum absolute atomic E-state index is 0.434. The van der Waals surface area contributed by atoms with Gasteiger partial charge in [-0.2, -0.15) is 0 Å². The normalized spacial score (nSPS) is 13.3. The van der Waals surface area contributed by atoms with E-state index in [1.54, 1.807) is 0 Å². The Balaban J connectivity index is 4.32. The van der Waals surface area contributed by atoms with Crippen LogP contribution in [0.1, 0.15) is 60.8 Å². The Labute approximate surface area is 89.9 Å². The van der Waals surface area contributed by atoms with E-state index in [2.05, 4.69) is 41.5 Å². The summed E-state index contributed by atoms with van der Waals surface area (Å²) in [5.74, 6) is 1.74. The van der Waals surface area contributed by atoms with Crippen molar-refractivity contribution in [3.63, 3.8) is 0 Å². The molecule has 0 amide bonds. The van der Waals surface area contributed by atoms with E-state index in [4.69, 9.17) is 0 Å². The highest BCUT2D eigenvalue weighted by molar-refractivity contribution is 4.82. The summed E-state index contributed by atoms with van der Waals surface area (Å²) in [6.07, 6.45) is 2.80. The van der Waals surface area contributed by atoms with Gasteiger partial charge in [-0.15, -0.1) is 0 Å². The van der Waals surface area contributed by atoms with Crippen LogP contribution >= 0.6 is 0 Å². The van der Waals surface area contributed by atoms with Crippen molar-refractivity contribution in [3.05, 3.63) is 0 Å². The van der Waals surface area contributed by atoms with Gasteiger partial charge in [0.25, 0.3) is 0 Å². The molecule has 0 aromatic heterocycles. The molecule has 0 unspecified atom stereocenters. The Bertz CT molecular complexity index is 121. The van der Waals surface area contributed by atoms with Gasteiger partial charge in [-0.25, -0.2) is 0 Å². The van der Waals surface area contributed by atoms with E-state index >= 15 is 0 Å². The van der Waals surface area contributed by atoms with Gasteiger partial charge in [0.15, 0.2) is 0 Å². The van der Waals surface area contributed by atoms with Gasteiger partial charge < -0.3 is 5.11 Å². The van der Waals surface area contributed by atoms with Crippen LogP contribution in [0.3, 0.4) is 0 Å². The zero-order valence-corrected chi connectivity index (χ0v) is 10.8. The molecule has 0 aliphatic rings. The monoisotopic (exact) mass is 200 g/mol. The summed E-state index contributed by atoms with van der Waals surface area (Å²) in [6.45, 7) is 13.1. The zero-order chi connectivity index (χ0) is 11.4. The minimum Gasteiger partial charge on any atom is -0.390 e. The van der Waals surface area contributed by atoms with Crippen LogP contribution in [-0.2, 0) is 0 Å². The average molecular weight is 200 g/mol. The summed E-state index contributed by atoms with van der Waals surface area (Å²) in [5.41, 5.74) is -0.434. The molecule has 0 aliphatic carbocycles. The van der Waals surface area contributed by atoms with Gasteiger partial charge >= 0.3 is 0 Å². The van der Waals surface area contributed by atoms with E-state index in [9.17, 15) is 5.11 Å². The molecular weight excluding hydrogens is 172 g/mol. The first kappa shape index (κ1) is 14.0. The highest BCUT2D eigenvalue weighted by Gasteiger charge is 2.29. The molecule has 14 heavy (non-hydrogen) atoms. The summed E-state index contributed by atoms with van der Waals surface area (Å²) in [7, 11) is 0. The molecule has 0 fully saturated rings. The maximum atomic E-state index is 10.5. The predicted octanol–water partition coefficient (Wildman–Crippen LogP) is 3.86. The molecule has 0 heterocycles. The van der Waals surface area contributed by atoms with E-state index in [0.29, 0.717) is 17.8 Å². The van der Waals surface area contributed by atoms with E-state index < -0.39 is 5.60 Å². The zero-order valence-electron chi connectivity index (χ0n) is 10.8. The van der Waals surface area contributed by atoms with Crippen LogP contribution in [0, 0.1) is 17.8 Å². The SMILES string of the molecule is CC(C)CC(O)(CC(C)C)CC(C)C.